The highest BCUT2D eigenvalue weighted by molar-refractivity contribution is 5.44. The van der Waals surface area contributed by atoms with E-state index >= 15 is 0 Å². The monoisotopic (exact) mass is 227 g/mol. The molecule has 0 heterocycles. The SMILES string of the molecule is COCc1cc(F)cc(OC)c1C(C)(C)N. The highest BCUT2D eigenvalue weighted by Crippen LogP contribution is 2.32. The average Bonchev–Trinajstić information content (AvgIpc) is 2.15. The molecule has 0 fully saturated rings. The van der Waals surface area contributed by atoms with Gasteiger partial charge in [0, 0.05) is 24.3 Å². The lowest BCUT2D eigenvalue weighted by atomic mass is 9.90. The maximum absolute atomic E-state index is 13.3. The second kappa shape index (κ2) is 4.80. The number of hydrogen-bond donors (Lipinski definition) is 1. The lowest BCUT2D eigenvalue weighted by Gasteiger charge is -2.25. The molecule has 1 aromatic carbocycles. The van der Waals surface area contributed by atoms with E-state index in [1.807, 2.05) is 13.8 Å². The predicted octanol–water partition coefficient (Wildman–Crippen LogP) is 2.17. The summed E-state index contributed by atoms with van der Waals surface area (Å²) >= 11 is 0. The highest BCUT2D eigenvalue weighted by Gasteiger charge is 2.24. The zero-order valence-corrected chi connectivity index (χ0v) is 10.1. The van der Waals surface area contributed by atoms with Crippen molar-refractivity contribution in [3.8, 4) is 5.75 Å². The van der Waals surface area contributed by atoms with E-state index in [1.54, 1.807) is 7.11 Å². The molecule has 0 aliphatic carbocycles. The molecule has 0 aliphatic rings. The first-order chi connectivity index (χ1) is 7.40. The van der Waals surface area contributed by atoms with E-state index in [0.717, 1.165) is 5.56 Å². The van der Waals surface area contributed by atoms with Crippen molar-refractivity contribution in [3.05, 3.63) is 29.1 Å². The van der Waals surface area contributed by atoms with Gasteiger partial charge in [0.2, 0.25) is 0 Å². The highest BCUT2D eigenvalue weighted by atomic mass is 19.1. The summed E-state index contributed by atoms with van der Waals surface area (Å²) < 4.78 is 23.5. The molecule has 2 N–H and O–H groups in total. The molecule has 1 aromatic rings. The molecule has 0 saturated carbocycles. The molecule has 0 aromatic heterocycles. The second-order valence-electron chi connectivity index (χ2n) is 4.30. The van der Waals surface area contributed by atoms with Gasteiger partial charge in [-0.2, -0.15) is 0 Å². The van der Waals surface area contributed by atoms with Gasteiger partial charge in [-0.15, -0.1) is 0 Å². The van der Waals surface area contributed by atoms with Crippen molar-refractivity contribution in [2.75, 3.05) is 14.2 Å². The number of hydrogen-bond acceptors (Lipinski definition) is 3. The molecule has 0 atom stereocenters. The Balaban J connectivity index is 3.39. The smallest absolute Gasteiger partial charge is 0.127 e. The van der Waals surface area contributed by atoms with Gasteiger partial charge in [0.15, 0.2) is 0 Å². The summed E-state index contributed by atoms with van der Waals surface area (Å²) in [5.74, 6) is 0.108. The number of halogens is 1. The van der Waals surface area contributed by atoms with Gasteiger partial charge >= 0.3 is 0 Å². The summed E-state index contributed by atoms with van der Waals surface area (Å²) in [7, 11) is 3.06. The zero-order chi connectivity index (χ0) is 12.3. The largest absolute Gasteiger partial charge is 0.496 e. The topological polar surface area (TPSA) is 44.5 Å². The Labute approximate surface area is 95.4 Å². The van der Waals surface area contributed by atoms with Gasteiger partial charge in [-0.25, -0.2) is 4.39 Å². The Morgan fingerprint density at radius 1 is 1.31 bits per heavy atom. The van der Waals surface area contributed by atoms with Crippen LogP contribution in [0.3, 0.4) is 0 Å². The van der Waals surface area contributed by atoms with Crippen molar-refractivity contribution in [1.82, 2.24) is 0 Å². The molecule has 0 bridgehead atoms. The number of methoxy groups -OCH3 is 2. The van der Waals surface area contributed by atoms with Crippen molar-refractivity contribution >= 4 is 0 Å². The Kier molecular flexibility index (Phi) is 3.88. The van der Waals surface area contributed by atoms with Crippen LogP contribution >= 0.6 is 0 Å². The van der Waals surface area contributed by atoms with Crippen LogP contribution in [0.25, 0.3) is 0 Å². The minimum Gasteiger partial charge on any atom is -0.496 e. The quantitative estimate of drug-likeness (QED) is 0.857. The van der Waals surface area contributed by atoms with E-state index in [0.29, 0.717) is 17.9 Å². The Hall–Kier alpha value is -1.13. The Morgan fingerprint density at radius 2 is 1.94 bits per heavy atom. The third-order valence-electron chi connectivity index (χ3n) is 2.31. The van der Waals surface area contributed by atoms with E-state index in [1.165, 1.54) is 19.2 Å². The summed E-state index contributed by atoms with van der Waals surface area (Å²) in [4.78, 5) is 0. The first-order valence-electron chi connectivity index (χ1n) is 5.05. The molecule has 16 heavy (non-hydrogen) atoms. The molecule has 0 radical (unpaired) electrons. The minimum atomic E-state index is -0.604. The molecule has 0 unspecified atom stereocenters. The maximum Gasteiger partial charge on any atom is 0.127 e. The normalized spacial score (nSPS) is 11.6. The van der Waals surface area contributed by atoms with E-state index in [4.69, 9.17) is 15.2 Å². The lowest BCUT2D eigenvalue weighted by Crippen LogP contribution is -2.31. The molecular weight excluding hydrogens is 209 g/mol. The first kappa shape index (κ1) is 12.9. The van der Waals surface area contributed by atoms with Crippen LogP contribution in [0.4, 0.5) is 4.39 Å². The Bertz CT molecular complexity index is 372. The van der Waals surface area contributed by atoms with E-state index in [2.05, 4.69) is 0 Å². The van der Waals surface area contributed by atoms with Crippen LogP contribution in [0.2, 0.25) is 0 Å². The van der Waals surface area contributed by atoms with Crippen LogP contribution in [-0.4, -0.2) is 14.2 Å². The number of ether oxygens (including phenoxy) is 2. The van der Waals surface area contributed by atoms with Crippen LogP contribution in [0.5, 0.6) is 5.75 Å². The van der Waals surface area contributed by atoms with Crippen LogP contribution in [0.15, 0.2) is 12.1 Å². The second-order valence-corrected chi connectivity index (χ2v) is 4.30. The summed E-state index contributed by atoms with van der Waals surface area (Å²) in [6.45, 7) is 4.01. The standard InChI is InChI=1S/C12H18FNO2/c1-12(2,14)11-8(7-15-3)5-9(13)6-10(11)16-4/h5-6H,7,14H2,1-4H3. The number of benzene rings is 1. The van der Waals surface area contributed by atoms with Gasteiger partial charge in [-0.05, 0) is 25.5 Å². The van der Waals surface area contributed by atoms with E-state index < -0.39 is 5.54 Å². The van der Waals surface area contributed by atoms with Gasteiger partial charge in [-0.3, -0.25) is 0 Å². The molecule has 0 amide bonds. The third kappa shape index (κ3) is 2.71. The molecule has 1 rings (SSSR count). The van der Waals surface area contributed by atoms with Crippen LogP contribution in [-0.2, 0) is 16.9 Å². The summed E-state index contributed by atoms with van der Waals surface area (Å²) in [5, 5.41) is 0. The first-order valence-corrected chi connectivity index (χ1v) is 5.05. The van der Waals surface area contributed by atoms with E-state index in [-0.39, 0.29) is 5.82 Å². The van der Waals surface area contributed by atoms with Crippen molar-refractivity contribution < 1.29 is 13.9 Å². The number of rotatable bonds is 4. The zero-order valence-electron chi connectivity index (χ0n) is 10.1. The fraction of sp³-hybridized carbons (Fsp3) is 0.500. The Morgan fingerprint density at radius 3 is 2.38 bits per heavy atom. The summed E-state index contributed by atoms with van der Waals surface area (Å²) in [6.07, 6.45) is 0. The lowest BCUT2D eigenvalue weighted by molar-refractivity contribution is 0.182. The molecule has 0 saturated heterocycles. The van der Waals surface area contributed by atoms with Gasteiger partial charge in [0.1, 0.15) is 11.6 Å². The molecule has 4 heteroatoms. The fourth-order valence-electron chi connectivity index (χ4n) is 1.80. The summed E-state index contributed by atoms with van der Waals surface area (Å²) in [6, 6.07) is 2.76. The van der Waals surface area contributed by atoms with Gasteiger partial charge in [-0.1, -0.05) is 0 Å². The van der Waals surface area contributed by atoms with Gasteiger partial charge in [0.25, 0.3) is 0 Å². The van der Waals surface area contributed by atoms with Crippen molar-refractivity contribution in [2.24, 2.45) is 5.73 Å². The predicted molar refractivity (Wildman–Crippen MR) is 60.9 cm³/mol. The van der Waals surface area contributed by atoms with Gasteiger partial charge in [0.05, 0.1) is 13.7 Å². The van der Waals surface area contributed by atoms with Crippen molar-refractivity contribution in [3.63, 3.8) is 0 Å². The van der Waals surface area contributed by atoms with Gasteiger partial charge < -0.3 is 15.2 Å². The third-order valence-corrected chi connectivity index (χ3v) is 2.31. The van der Waals surface area contributed by atoms with Crippen molar-refractivity contribution in [2.45, 2.75) is 26.0 Å². The fourth-order valence-corrected chi connectivity index (χ4v) is 1.80. The van der Waals surface area contributed by atoms with Crippen LogP contribution in [0, 0.1) is 5.82 Å². The molecule has 0 aliphatic heterocycles. The molecular formula is C12H18FNO2. The average molecular weight is 227 g/mol. The van der Waals surface area contributed by atoms with E-state index in [9.17, 15) is 4.39 Å². The van der Waals surface area contributed by atoms with Crippen molar-refractivity contribution in [1.29, 1.82) is 0 Å². The molecule has 3 nitrogen and oxygen atoms in total. The molecule has 0 spiro atoms. The maximum atomic E-state index is 13.3. The summed E-state index contributed by atoms with van der Waals surface area (Å²) in [5.41, 5.74) is 6.94. The van der Waals surface area contributed by atoms with Crippen LogP contribution < -0.4 is 10.5 Å². The minimum absolute atomic E-state index is 0.310. The molecule has 90 valence electrons. The van der Waals surface area contributed by atoms with Crippen LogP contribution in [0.1, 0.15) is 25.0 Å². The number of nitrogens with two attached hydrogens (primary N) is 1.